The first-order valence-corrected chi connectivity index (χ1v) is 14.1. The molecule has 9 aromatic rings. The molecule has 1 nitrogen and oxygen atoms in total. The third-order valence-electron chi connectivity index (χ3n) is 8.65. The average Bonchev–Trinajstić information content (AvgIpc) is 3.43. The van der Waals surface area contributed by atoms with E-state index < -0.39 is 0 Å². The first kappa shape index (κ1) is 22.4. The molecule has 0 N–H and O–H groups in total. The van der Waals surface area contributed by atoms with Crippen molar-refractivity contribution in [3.8, 4) is 33.4 Å². The Hall–Kier alpha value is -5.40. The van der Waals surface area contributed by atoms with Gasteiger partial charge in [-0.1, -0.05) is 133 Å². The maximum Gasteiger partial charge on any atom is 0.136 e. The van der Waals surface area contributed by atoms with Crippen molar-refractivity contribution in [1.82, 2.24) is 0 Å². The van der Waals surface area contributed by atoms with Crippen LogP contribution in [0.1, 0.15) is 0 Å². The van der Waals surface area contributed by atoms with Crippen LogP contribution in [-0.2, 0) is 0 Å². The van der Waals surface area contributed by atoms with Gasteiger partial charge in [0, 0.05) is 10.8 Å². The predicted molar refractivity (Wildman–Crippen MR) is 174 cm³/mol. The lowest BCUT2D eigenvalue weighted by atomic mass is 9.86. The summed E-state index contributed by atoms with van der Waals surface area (Å²) in [6, 6.07) is 52.4. The minimum Gasteiger partial charge on any atom is -0.456 e. The molecule has 0 amide bonds. The zero-order valence-corrected chi connectivity index (χ0v) is 22.3. The highest BCUT2D eigenvalue weighted by Crippen LogP contribution is 2.46. The highest BCUT2D eigenvalue weighted by molar-refractivity contribution is 6.29. The summed E-state index contributed by atoms with van der Waals surface area (Å²) in [6.45, 7) is 0. The van der Waals surface area contributed by atoms with Crippen molar-refractivity contribution in [2.75, 3.05) is 0 Å². The molecule has 1 aromatic heterocycles. The van der Waals surface area contributed by atoms with E-state index in [1.54, 1.807) is 0 Å². The van der Waals surface area contributed by atoms with Crippen LogP contribution in [0.2, 0.25) is 0 Å². The number of benzene rings is 8. The normalized spacial score (nSPS) is 11.9. The van der Waals surface area contributed by atoms with Gasteiger partial charge in [0.15, 0.2) is 0 Å². The van der Waals surface area contributed by atoms with Crippen LogP contribution >= 0.6 is 0 Å². The smallest absolute Gasteiger partial charge is 0.136 e. The first-order chi connectivity index (χ1) is 20.3. The molecular formula is C40H24O. The first-order valence-electron chi connectivity index (χ1n) is 14.1. The Morgan fingerprint density at radius 2 is 0.780 bits per heavy atom. The molecule has 0 fully saturated rings. The second-order valence-corrected chi connectivity index (χ2v) is 10.8. The molecule has 0 unspecified atom stereocenters. The zero-order chi connectivity index (χ0) is 26.9. The van der Waals surface area contributed by atoms with Crippen molar-refractivity contribution in [3.05, 3.63) is 146 Å². The fraction of sp³-hybridized carbons (Fsp3) is 0. The summed E-state index contributed by atoms with van der Waals surface area (Å²) < 4.78 is 6.47. The van der Waals surface area contributed by atoms with E-state index in [9.17, 15) is 0 Å². The fourth-order valence-corrected chi connectivity index (χ4v) is 6.85. The largest absolute Gasteiger partial charge is 0.456 e. The minimum absolute atomic E-state index is 0.915. The number of fused-ring (bicyclic) bond motifs is 3. The van der Waals surface area contributed by atoms with Crippen molar-refractivity contribution in [1.29, 1.82) is 0 Å². The van der Waals surface area contributed by atoms with Crippen LogP contribution in [0.3, 0.4) is 0 Å². The lowest BCUT2D eigenvalue weighted by molar-refractivity contribution is 0.669. The van der Waals surface area contributed by atoms with Crippen molar-refractivity contribution >= 4 is 54.3 Å². The molecule has 0 aliphatic carbocycles. The molecule has 0 saturated heterocycles. The van der Waals surface area contributed by atoms with Gasteiger partial charge in [-0.3, -0.25) is 0 Å². The highest BCUT2D eigenvalue weighted by Gasteiger charge is 2.19. The van der Waals surface area contributed by atoms with Crippen molar-refractivity contribution in [3.63, 3.8) is 0 Å². The molecule has 41 heavy (non-hydrogen) atoms. The van der Waals surface area contributed by atoms with Crippen LogP contribution in [0, 0.1) is 0 Å². The van der Waals surface area contributed by atoms with Gasteiger partial charge in [-0.15, -0.1) is 0 Å². The molecule has 8 aromatic carbocycles. The minimum atomic E-state index is 0.915. The van der Waals surface area contributed by atoms with Gasteiger partial charge in [0.1, 0.15) is 11.2 Å². The van der Waals surface area contributed by atoms with E-state index in [4.69, 9.17) is 4.42 Å². The Bertz CT molecular complexity index is 2400. The maximum absolute atomic E-state index is 6.47. The summed E-state index contributed by atoms with van der Waals surface area (Å²) in [5.74, 6) is 0. The summed E-state index contributed by atoms with van der Waals surface area (Å²) in [4.78, 5) is 0. The van der Waals surface area contributed by atoms with Crippen LogP contribution in [0.4, 0.5) is 0 Å². The third-order valence-corrected chi connectivity index (χ3v) is 8.65. The highest BCUT2D eigenvalue weighted by atomic mass is 16.3. The van der Waals surface area contributed by atoms with Crippen LogP contribution in [-0.4, -0.2) is 0 Å². The second-order valence-electron chi connectivity index (χ2n) is 10.8. The topological polar surface area (TPSA) is 13.1 Å². The lowest BCUT2D eigenvalue weighted by Gasteiger charge is -2.17. The monoisotopic (exact) mass is 520 g/mol. The molecule has 0 radical (unpaired) electrons. The van der Waals surface area contributed by atoms with E-state index in [1.807, 2.05) is 0 Å². The predicted octanol–water partition coefficient (Wildman–Crippen LogP) is 11.5. The molecule has 0 spiro atoms. The summed E-state index contributed by atoms with van der Waals surface area (Å²) in [6.07, 6.45) is 0. The maximum atomic E-state index is 6.47. The number of hydrogen-bond donors (Lipinski definition) is 0. The molecule has 0 aliphatic rings. The molecule has 0 bridgehead atoms. The molecule has 0 saturated carbocycles. The van der Waals surface area contributed by atoms with Crippen LogP contribution < -0.4 is 0 Å². The van der Waals surface area contributed by atoms with E-state index in [1.165, 1.54) is 76.5 Å². The van der Waals surface area contributed by atoms with Gasteiger partial charge in [-0.2, -0.15) is 0 Å². The molecule has 0 atom stereocenters. The van der Waals surface area contributed by atoms with Crippen molar-refractivity contribution < 1.29 is 4.42 Å². The Morgan fingerprint density at radius 3 is 1.41 bits per heavy atom. The van der Waals surface area contributed by atoms with Crippen LogP contribution in [0.15, 0.2) is 150 Å². The molecule has 0 aliphatic heterocycles. The average molecular weight is 521 g/mol. The van der Waals surface area contributed by atoms with E-state index in [-0.39, 0.29) is 0 Å². The van der Waals surface area contributed by atoms with Crippen molar-refractivity contribution in [2.24, 2.45) is 0 Å². The molecule has 9 rings (SSSR count). The second kappa shape index (κ2) is 8.55. The lowest BCUT2D eigenvalue weighted by Crippen LogP contribution is -1.90. The number of hydrogen-bond acceptors (Lipinski definition) is 1. The Morgan fingerprint density at radius 1 is 0.293 bits per heavy atom. The fourth-order valence-electron chi connectivity index (χ4n) is 6.85. The van der Waals surface area contributed by atoms with Crippen molar-refractivity contribution in [2.45, 2.75) is 0 Å². The van der Waals surface area contributed by atoms with Crippen LogP contribution in [0.5, 0.6) is 0 Å². The third kappa shape index (κ3) is 3.24. The molecule has 1 heterocycles. The number of furan rings is 1. The van der Waals surface area contributed by atoms with Gasteiger partial charge in [0.2, 0.25) is 0 Å². The van der Waals surface area contributed by atoms with Gasteiger partial charge in [0.25, 0.3) is 0 Å². The van der Waals surface area contributed by atoms with Crippen LogP contribution in [0.25, 0.3) is 87.6 Å². The Labute approximate surface area is 237 Å². The van der Waals surface area contributed by atoms with E-state index in [2.05, 4.69) is 146 Å². The summed E-state index contributed by atoms with van der Waals surface area (Å²) in [7, 11) is 0. The standard InChI is InChI=1S/C40H24O/c1-3-9-25(10-4-1)29-21-17-27-20-24-34-31(22-18-28-19-23-33(29)37(27)38(28)34)32-14-8-16-36-40(32)39-30(13-7-15-35(39)41-36)26-11-5-2-6-12-26/h1-24H. The molecular weight excluding hydrogens is 496 g/mol. The van der Waals surface area contributed by atoms with Gasteiger partial charge in [-0.25, -0.2) is 0 Å². The summed E-state index contributed by atoms with van der Waals surface area (Å²) in [5.41, 5.74) is 9.16. The summed E-state index contributed by atoms with van der Waals surface area (Å²) in [5, 5.41) is 10.1. The van der Waals surface area contributed by atoms with E-state index in [0.29, 0.717) is 0 Å². The quantitative estimate of drug-likeness (QED) is 0.211. The van der Waals surface area contributed by atoms with Gasteiger partial charge >= 0.3 is 0 Å². The Kier molecular flexibility index (Phi) is 4.67. The molecule has 1 heteroatoms. The van der Waals surface area contributed by atoms with E-state index >= 15 is 0 Å². The summed E-state index contributed by atoms with van der Waals surface area (Å²) >= 11 is 0. The zero-order valence-electron chi connectivity index (χ0n) is 22.3. The number of rotatable bonds is 3. The van der Waals surface area contributed by atoms with Gasteiger partial charge in [-0.05, 0) is 77.8 Å². The van der Waals surface area contributed by atoms with Gasteiger partial charge in [0.05, 0.1) is 0 Å². The van der Waals surface area contributed by atoms with E-state index in [0.717, 1.165) is 11.2 Å². The molecule has 190 valence electrons. The van der Waals surface area contributed by atoms with Gasteiger partial charge < -0.3 is 4.42 Å². The Balaban J connectivity index is 1.39. The SMILES string of the molecule is c1ccc(-c2ccc3ccc4c(-c5cccc6oc7cccc(-c8ccccc8)c7c56)ccc5ccc2c3c54)cc1.